The highest BCUT2D eigenvalue weighted by atomic mass is 16.5. The van der Waals surface area contributed by atoms with Gasteiger partial charge in [-0.1, -0.05) is 53.2 Å². The van der Waals surface area contributed by atoms with Crippen LogP contribution in [-0.4, -0.2) is 22.1 Å². The summed E-state index contributed by atoms with van der Waals surface area (Å²) in [5.41, 5.74) is 3.70. The van der Waals surface area contributed by atoms with Gasteiger partial charge in [-0.05, 0) is 32.4 Å². The van der Waals surface area contributed by atoms with Gasteiger partial charge < -0.3 is 9.84 Å². The Morgan fingerprint density at radius 3 is 2.64 bits per heavy atom. The number of carbonyl (C=O) groups is 1. The van der Waals surface area contributed by atoms with Crippen LogP contribution >= 0.6 is 0 Å². The van der Waals surface area contributed by atoms with Crippen LogP contribution in [0.2, 0.25) is 0 Å². The van der Waals surface area contributed by atoms with Crippen LogP contribution in [0.1, 0.15) is 34.3 Å². The van der Waals surface area contributed by atoms with Crippen molar-refractivity contribution in [3.63, 3.8) is 0 Å². The molecule has 0 bridgehead atoms. The van der Waals surface area contributed by atoms with Gasteiger partial charge in [0.15, 0.2) is 0 Å². The standard InChI is InChI=1S/C20H21N3O2/c1-13-9-10-17(14(2)11-13)20(24)21-15(3)12-18-22-19(23-25-18)16-7-5-4-6-8-16/h4-11,15H,12H2,1-3H3,(H,21,24). The van der Waals surface area contributed by atoms with Crippen molar-refractivity contribution in [1.29, 1.82) is 0 Å². The van der Waals surface area contributed by atoms with Crippen molar-refractivity contribution >= 4 is 5.91 Å². The zero-order valence-corrected chi connectivity index (χ0v) is 14.6. The van der Waals surface area contributed by atoms with E-state index in [9.17, 15) is 4.79 Å². The molecule has 1 unspecified atom stereocenters. The molecule has 5 heteroatoms. The number of aryl methyl sites for hydroxylation is 2. The second-order valence-corrected chi connectivity index (χ2v) is 6.27. The van der Waals surface area contributed by atoms with Crippen LogP contribution in [0.15, 0.2) is 53.1 Å². The molecule has 0 spiro atoms. The van der Waals surface area contributed by atoms with E-state index in [0.29, 0.717) is 23.7 Å². The van der Waals surface area contributed by atoms with E-state index in [1.807, 2.05) is 69.3 Å². The van der Waals surface area contributed by atoms with Crippen molar-refractivity contribution in [2.24, 2.45) is 0 Å². The van der Waals surface area contributed by atoms with Crippen LogP contribution in [-0.2, 0) is 6.42 Å². The van der Waals surface area contributed by atoms with Gasteiger partial charge in [0.25, 0.3) is 5.91 Å². The summed E-state index contributed by atoms with van der Waals surface area (Å²) in [6.45, 7) is 5.88. The van der Waals surface area contributed by atoms with Crippen molar-refractivity contribution in [3.8, 4) is 11.4 Å². The molecule has 1 aromatic heterocycles. The van der Waals surface area contributed by atoms with E-state index in [1.54, 1.807) is 0 Å². The minimum atomic E-state index is -0.114. The summed E-state index contributed by atoms with van der Waals surface area (Å²) < 4.78 is 5.30. The van der Waals surface area contributed by atoms with Gasteiger partial charge in [0.2, 0.25) is 11.7 Å². The minimum absolute atomic E-state index is 0.0900. The Bertz CT molecular complexity index is 872. The van der Waals surface area contributed by atoms with Crippen molar-refractivity contribution < 1.29 is 9.32 Å². The normalized spacial score (nSPS) is 12.0. The van der Waals surface area contributed by atoms with Gasteiger partial charge in [0, 0.05) is 23.6 Å². The van der Waals surface area contributed by atoms with Crippen molar-refractivity contribution in [2.45, 2.75) is 33.2 Å². The maximum Gasteiger partial charge on any atom is 0.251 e. The number of benzene rings is 2. The average molecular weight is 335 g/mol. The van der Waals surface area contributed by atoms with E-state index < -0.39 is 0 Å². The van der Waals surface area contributed by atoms with Crippen LogP contribution in [0, 0.1) is 13.8 Å². The first kappa shape index (κ1) is 16.9. The lowest BCUT2D eigenvalue weighted by Gasteiger charge is -2.13. The lowest BCUT2D eigenvalue weighted by Crippen LogP contribution is -2.34. The molecule has 1 N–H and O–H groups in total. The van der Waals surface area contributed by atoms with Gasteiger partial charge in [-0.25, -0.2) is 0 Å². The van der Waals surface area contributed by atoms with E-state index in [-0.39, 0.29) is 11.9 Å². The molecule has 1 atom stereocenters. The van der Waals surface area contributed by atoms with E-state index >= 15 is 0 Å². The smallest absolute Gasteiger partial charge is 0.251 e. The molecule has 3 rings (SSSR count). The number of aromatic nitrogens is 2. The number of hydrogen-bond donors (Lipinski definition) is 1. The summed E-state index contributed by atoms with van der Waals surface area (Å²) in [7, 11) is 0. The molecule has 3 aromatic rings. The summed E-state index contributed by atoms with van der Waals surface area (Å²) in [5, 5.41) is 6.99. The third kappa shape index (κ3) is 4.12. The van der Waals surface area contributed by atoms with Gasteiger partial charge in [0.05, 0.1) is 0 Å². The summed E-state index contributed by atoms with van der Waals surface area (Å²) in [5.74, 6) is 0.976. The molecule has 0 radical (unpaired) electrons. The Hall–Kier alpha value is -2.95. The number of carbonyl (C=O) groups excluding carboxylic acids is 1. The number of amides is 1. The molecule has 0 aliphatic heterocycles. The van der Waals surface area contributed by atoms with Crippen molar-refractivity contribution in [1.82, 2.24) is 15.5 Å². The predicted octanol–water partition coefficient (Wildman–Crippen LogP) is 3.71. The molecule has 25 heavy (non-hydrogen) atoms. The summed E-state index contributed by atoms with van der Waals surface area (Å²) >= 11 is 0. The number of rotatable bonds is 5. The molecule has 1 heterocycles. The van der Waals surface area contributed by atoms with Crippen LogP contribution in [0.4, 0.5) is 0 Å². The zero-order valence-electron chi connectivity index (χ0n) is 14.6. The molecule has 0 saturated carbocycles. The first-order valence-corrected chi connectivity index (χ1v) is 8.29. The maximum absolute atomic E-state index is 12.4. The van der Waals surface area contributed by atoms with Crippen LogP contribution in [0.25, 0.3) is 11.4 Å². The van der Waals surface area contributed by atoms with Gasteiger partial charge >= 0.3 is 0 Å². The van der Waals surface area contributed by atoms with Gasteiger partial charge in [-0.2, -0.15) is 4.98 Å². The van der Waals surface area contributed by atoms with Crippen LogP contribution in [0.3, 0.4) is 0 Å². The lowest BCUT2D eigenvalue weighted by atomic mass is 10.0. The fourth-order valence-electron chi connectivity index (χ4n) is 2.73. The Labute approximate surface area is 147 Å². The molecular weight excluding hydrogens is 314 g/mol. The summed E-state index contributed by atoms with van der Waals surface area (Å²) in [4.78, 5) is 16.8. The maximum atomic E-state index is 12.4. The first-order chi connectivity index (χ1) is 12.0. The highest BCUT2D eigenvalue weighted by Gasteiger charge is 2.16. The second-order valence-electron chi connectivity index (χ2n) is 6.27. The molecule has 0 aliphatic rings. The van der Waals surface area contributed by atoms with Crippen molar-refractivity contribution in [3.05, 3.63) is 71.1 Å². The van der Waals surface area contributed by atoms with E-state index in [4.69, 9.17) is 4.52 Å². The molecule has 1 amide bonds. The predicted molar refractivity (Wildman–Crippen MR) is 96.3 cm³/mol. The first-order valence-electron chi connectivity index (χ1n) is 8.29. The quantitative estimate of drug-likeness (QED) is 0.772. The van der Waals surface area contributed by atoms with Gasteiger partial charge in [0.1, 0.15) is 0 Å². The molecule has 0 aliphatic carbocycles. The Kier molecular flexibility index (Phi) is 4.93. The van der Waals surface area contributed by atoms with Crippen LogP contribution < -0.4 is 5.32 Å². The third-order valence-corrected chi connectivity index (χ3v) is 3.98. The fourth-order valence-corrected chi connectivity index (χ4v) is 2.73. The Balaban J connectivity index is 1.64. The molecule has 128 valence electrons. The topological polar surface area (TPSA) is 68.0 Å². The Morgan fingerprint density at radius 1 is 1.16 bits per heavy atom. The summed E-state index contributed by atoms with van der Waals surface area (Å²) in [6, 6.07) is 15.3. The molecule has 0 fully saturated rings. The second kappa shape index (κ2) is 7.30. The SMILES string of the molecule is Cc1ccc(C(=O)NC(C)Cc2nc(-c3ccccc3)no2)c(C)c1. The summed E-state index contributed by atoms with van der Waals surface area (Å²) in [6.07, 6.45) is 0.483. The largest absolute Gasteiger partial charge is 0.349 e. The van der Waals surface area contributed by atoms with Gasteiger partial charge in [-0.3, -0.25) is 4.79 Å². The minimum Gasteiger partial charge on any atom is -0.349 e. The number of nitrogens with zero attached hydrogens (tertiary/aromatic N) is 2. The van der Waals surface area contributed by atoms with E-state index in [0.717, 1.165) is 16.7 Å². The van der Waals surface area contributed by atoms with Gasteiger partial charge in [-0.15, -0.1) is 0 Å². The van der Waals surface area contributed by atoms with Crippen LogP contribution in [0.5, 0.6) is 0 Å². The molecular formula is C20H21N3O2. The van der Waals surface area contributed by atoms with E-state index in [2.05, 4.69) is 15.5 Å². The molecule has 2 aromatic carbocycles. The monoisotopic (exact) mass is 335 g/mol. The number of nitrogens with one attached hydrogen (secondary N) is 1. The average Bonchev–Trinajstić information content (AvgIpc) is 3.03. The van der Waals surface area contributed by atoms with E-state index in [1.165, 1.54) is 0 Å². The highest BCUT2D eigenvalue weighted by molar-refractivity contribution is 5.95. The number of hydrogen-bond acceptors (Lipinski definition) is 4. The zero-order chi connectivity index (χ0) is 17.8. The Morgan fingerprint density at radius 2 is 1.92 bits per heavy atom. The lowest BCUT2D eigenvalue weighted by molar-refractivity contribution is 0.0938. The third-order valence-electron chi connectivity index (χ3n) is 3.98. The molecule has 5 nitrogen and oxygen atoms in total. The molecule has 0 saturated heterocycles. The highest BCUT2D eigenvalue weighted by Crippen LogP contribution is 2.16. The van der Waals surface area contributed by atoms with Crippen molar-refractivity contribution in [2.75, 3.05) is 0 Å². The fraction of sp³-hybridized carbons (Fsp3) is 0.250.